The maximum Gasteiger partial charge on any atom is 0.472 e. The summed E-state index contributed by atoms with van der Waals surface area (Å²) in [6, 6.07) is 0. The Bertz CT molecular complexity index is 2440. The van der Waals surface area contributed by atoms with Crippen LogP contribution in [0, 0.1) is 0 Å². The highest BCUT2D eigenvalue weighted by atomic mass is 31.2. The number of carbonyl (C=O) groups is 4. The highest BCUT2D eigenvalue weighted by molar-refractivity contribution is 7.47. The van der Waals surface area contributed by atoms with Gasteiger partial charge in [-0.25, -0.2) is 9.13 Å². The van der Waals surface area contributed by atoms with E-state index < -0.39 is 97.5 Å². The third kappa shape index (κ3) is 75.7. The van der Waals surface area contributed by atoms with E-state index in [0.717, 1.165) is 173 Å². The SMILES string of the molecule is CC/C=C\C/C=C\C/C=C\C/C=C\CCCCCCCCC(=O)OCC(COP(=O)(O)OCC(O)COP(=O)(O)OCC(COC(=O)CCCC/C=C\C/C=C\C/C=C\C/C=C\CC)OC(=O)CCCCCCC/C=C\C/C=C\CCCCC)OC(=O)CCCCCCCCCCCCCCCCC. The standard InChI is InChI=1S/C85H146O17P2/c1-5-9-13-17-21-25-29-33-37-38-39-40-44-46-50-54-58-62-66-70-83(88)96-76-81(102-85(90)72-68-64-60-56-52-48-43-36-32-28-24-20-16-12-8-4)78-100-104(93,94)98-74-79(86)73-97-103(91,92)99-77-80(101-84(89)71-67-63-59-55-51-47-42-35-31-27-23-19-15-11-7-3)75-95-82(87)69-65-61-57-53-49-45-41-34-30-26-22-18-14-10-6-2/h9-10,13-14,21-23,25-27,33-35,37,39-42,49,53,79-81,86H,5-8,11-12,15-20,24,28-32,36,38,43-48,50-52,54-78H2,1-4H3,(H,91,92)(H,93,94)/b13-9-,14-10-,25-21-,26-22-,27-23-,37-33-,40-39-,41-34-,42-35-,53-49-. The van der Waals surface area contributed by atoms with Crippen LogP contribution in [0.15, 0.2) is 122 Å². The predicted octanol–water partition coefficient (Wildman–Crippen LogP) is 23.9. The predicted molar refractivity (Wildman–Crippen MR) is 427 cm³/mol. The summed E-state index contributed by atoms with van der Waals surface area (Å²) in [4.78, 5) is 73.1. The van der Waals surface area contributed by atoms with Crippen molar-refractivity contribution in [3.63, 3.8) is 0 Å². The number of rotatable bonds is 76. The van der Waals surface area contributed by atoms with E-state index in [1.807, 2.05) is 0 Å². The number of aliphatic hydroxyl groups is 1. The minimum absolute atomic E-state index is 0.0683. The lowest BCUT2D eigenvalue weighted by molar-refractivity contribution is -0.161. The average Bonchev–Trinajstić information content (AvgIpc) is 0.918. The summed E-state index contributed by atoms with van der Waals surface area (Å²) in [5.74, 6) is -2.24. The number of aliphatic hydroxyl groups excluding tert-OH is 1. The molecule has 5 unspecified atom stereocenters. The van der Waals surface area contributed by atoms with E-state index in [1.54, 1.807) is 0 Å². The number of unbranched alkanes of at least 4 members (excludes halogenated alkanes) is 30. The van der Waals surface area contributed by atoms with Crippen molar-refractivity contribution in [3.05, 3.63) is 122 Å². The molecule has 17 nitrogen and oxygen atoms in total. The summed E-state index contributed by atoms with van der Waals surface area (Å²) >= 11 is 0. The van der Waals surface area contributed by atoms with Crippen molar-refractivity contribution in [1.82, 2.24) is 0 Å². The van der Waals surface area contributed by atoms with Crippen molar-refractivity contribution in [2.24, 2.45) is 0 Å². The molecule has 104 heavy (non-hydrogen) atoms. The molecule has 0 radical (unpaired) electrons. The topological polar surface area (TPSA) is 237 Å². The molecule has 0 rings (SSSR count). The Morgan fingerprint density at radius 3 is 0.808 bits per heavy atom. The summed E-state index contributed by atoms with van der Waals surface area (Å²) < 4.78 is 68.6. The van der Waals surface area contributed by atoms with Gasteiger partial charge in [0.2, 0.25) is 0 Å². The van der Waals surface area contributed by atoms with Crippen LogP contribution in [0.2, 0.25) is 0 Å². The third-order valence-electron chi connectivity index (χ3n) is 16.9. The molecule has 0 spiro atoms. The zero-order valence-electron chi connectivity index (χ0n) is 65.4. The minimum Gasteiger partial charge on any atom is -0.462 e. The van der Waals surface area contributed by atoms with Gasteiger partial charge in [0.25, 0.3) is 0 Å². The largest absolute Gasteiger partial charge is 0.472 e. The molecule has 0 aliphatic heterocycles. The van der Waals surface area contributed by atoms with Crippen LogP contribution in [-0.4, -0.2) is 96.7 Å². The Kier molecular flexibility index (Phi) is 73.3. The lowest BCUT2D eigenvalue weighted by Gasteiger charge is -2.21. The summed E-state index contributed by atoms with van der Waals surface area (Å²) in [6.45, 7) is 4.58. The monoisotopic (exact) mass is 1500 g/mol. The first-order valence-corrected chi connectivity index (χ1v) is 43.8. The fraction of sp³-hybridized carbons (Fsp3) is 0.718. The molecule has 598 valence electrons. The number of carbonyl (C=O) groups excluding carboxylic acids is 4. The van der Waals surface area contributed by atoms with Crippen molar-refractivity contribution in [2.75, 3.05) is 39.6 Å². The molecule has 19 heteroatoms. The third-order valence-corrected chi connectivity index (χ3v) is 18.8. The van der Waals surface area contributed by atoms with Crippen molar-refractivity contribution in [1.29, 1.82) is 0 Å². The normalized spacial score (nSPS) is 14.5. The van der Waals surface area contributed by atoms with E-state index in [9.17, 15) is 43.2 Å². The summed E-state index contributed by atoms with van der Waals surface area (Å²) in [5, 5.41) is 10.6. The smallest absolute Gasteiger partial charge is 0.462 e. The van der Waals surface area contributed by atoms with Crippen molar-refractivity contribution in [2.45, 2.75) is 354 Å². The molecule has 0 aliphatic rings. The van der Waals surface area contributed by atoms with E-state index >= 15 is 0 Å². The molecular formula is C85H146O17P2. The summed E-state index contributed by atoms with van der Waals surface area (Å²) in [6.07, 6.45) is 84.6. The molecule has 0 amide bonds. The zero-order chi connectivity index (χ0) is 76.0. The van der Waals surface area contributed by atoms with Gasteiger partial charge in [-0.1, -0.05) is 297 Å². The first kappa shape index (κ1) is 99.5. The van der Waals surface area contributed by atoms with Gasteiger partial charge in [0.1, 0.15) is 19.3 Å². The zero-order valence-corrected chi connectivity index (χ0v) is 67.2. The first-order valence-electron chi connectivity index (χ1n) is 40.8. The van der Waals surface area contributed by atoms with Crippen LogP contribution in [0.5, 0.6) is 0 Å². The number of allylic oxidation sites excluding steroid dienone is 20. The number of hydrogen-bond acceptors (Lipinski definition) is 15. The number of phosphoric acid groups is 2. The Labute approximate surface area is 632 Å². The fourth-order valence-electron chi connectivity index (χ4n) is 10.8. The Morgan fingerprint density at radius 1 is 0.279 bits per heavy atom. The van der Waals surface area contributed by atoms with Gasteiger partial charge in [-0.2, -0.15) is 0 Å². The van der Waals surface area contributed by atoms with Crippen molar-refractivity contribution >= 4 is 39.5 Å². The van der Waals surface area contributed by atoms with Gasteiger partial charge in [-0.3, -0.25) is 37.3 Å². The summed E-state index contributed by atoms with van der Waals surface area (Å²) in [7, 11) is -9.98. The fourth-order valence-corrected chi connectivity index (χ4v) is 12.3. The minimum atomic E-state index is -4.99. The number of esters is 4. The maximum atomic E-state index is 13.1. The van der Waals surface area contributed by atoms with Gasteiger partial charge in [0.15, 0.2) is 12.2 Å². The highest BCUT2D eigenvalue weighted by Gasteiger charge is 2.30. The number of ether oxygens (including phenoxy) is 4. The molecule has 0 saturated heterocycles. The van der Waals surface area contributed by atoms with Crippen LogP contribution in [0.1, 0.15) is 336 Å². The molecule has 0 aromatic rings. The van der Waals surface area contributed by atoms with Crippen LogP contribution in [-0.2, 0) is 65.4 Å². The molecule has 5 atom stereocenters. The molecule has 0 fully saturated rings. The average molecular weight is 1500 g/mol. The van der Waals surface area contributed by atoms with E-state index in [2.05, 4.69) is 149 Å². The Morgan fingerprint density at radius 2 is 0.500 bits per heavy atom. The van der Waals surface area contributed by atoms with E-state index in [-0.39, 0.29) is 25.7 Å². The summed E-state index contributed by atoms with van der Waals surface area (Å²) in [5.41, 5.74) is 0. The van der Waals surface area contributed by atoms with Crippen molar-refractivity contribution < 1.29 is 80.2 Å². The van der Waals surface area contributed by atoms with Crippen LogP contribution < -0.4 is 0 Å². The second kappa shape index (κ2) is 76.6. The van der Waals surface area contributed by atoms with Gasteiger partial charge < -0.3 is 33.8 Å². The Hall–Kier alpha value is -4.54. The maximum absolute atomic E-state index is 13.1. The molecule has 0 aliphatic carbocycles. The van der Waals surface area contributed by atoms with E-state index in [1.165, 1.54) is 83.5 Å². The van der Waals surface area contributed by atoms with Crippen LogP contribution >= 0.6 is 15.6 Å². The molecule has 0 aromatic heterocycles. The molecule has 0 aromatic carbocycles. The second-order valence-electron chi connectivity index (χ2n) is 27.0. The lowest BCUT2D eigenvalue weighted by Crippen LogP contribution is -2.30. The van der Waals surface area contributed by atoms with E-state index in [4.69, 9.17) is 37.0 Å². The highest BCUT2D eigenvalue weighted by Crippen LogP contribution is 2.45. The quantitative estimate of drug-likeness (QED) is 0.0169. The first-order chi connectivity index (χ1) is 50.7. The van der Waals surface area contributed by atoms with Crippen LogP contribution in [0.25, 0.3) is 0 Å². The van der Waals surface area contributed by atoms with Gasteiger partial charge in [-0.15, -0.1) is 0 Å². The van der Waals surface area contributed by atoms with Gasteiger partial charge >= 0.3 is 39.5 Å². The molecule has 0 bridgehead atoms. The molecule has 3 N–H and O–H groups in total. The van der Waals surface area contributed by atoms with Crippen molar-refractivity contribution in [3.8, 4) is 0 Å². The molecular weight excluding hydrogens is 1350 g/mol. The molecule has 0 saturated carbocycles. The lowest BCUT2D eigenvalue weighted by atomic mass is 10.0. The van der Waals surface area contributed by atoms with Gasteiger partial charge in [0.05, 0.1) is 26.4 Å². The van der Waals surface area contributed by atoms with Crippen LogP contribution in [0.4, 0.5) is 0 Å². The number of hydrogen-bond donors (Lipinski definition) is 3. The molecule has 0 heterocycles. The van der Waals surface area contributed by atoms with Crippen LogP contribution in [0.3, 0.4) is 0 Å². The van der Waals surface area contributed by atoms with Gasteiger partial charge in [-0.05, 0) is 135 Å². The second-order valence-corrected chi connectivity index (χ2v) is 29.9. The van der Waals surface area contributed by atoms with E-state index in [0.29, 0.717) is 25.7 Å². The Balaban J connectivity index is 5.40. The van der Waals surface area contributed by atoms with Gasteiger partial charge in [0, 0.05) is 25.7 Å². The number of phosphoric ester groups is 2.